The van der Waals surface area contributed by atoms with Crippen molar-refractivity contribution in [3.8, 4) is 0 Å². The molecule has 2 fully saturated rings. The zero-order valence-corrected chi connectivity index (χ0v) is 14.0. The SMILES string of the molecule is COC=C1CC[C@H]2[C@@H]3CCC4=C(CCC(=O)C4)[C@H]3CC[C@]12C. The van der Waals surface area contributed by atoms with E-state index in [1.54, 1.807) is 18.3 Å². The number of hydrogen-bond acceptors (Lipinski definition) is 2. The van der Waals surface area contributed by atoms with Gasteiger partial charge in [-0.1, -0.05) is 18.1 Å². The van der Waals surface area contributed by atoms with E-state index in [0.717, 1.165) is 37.0 Å². The van der Waals surface area contributed by atoms with E-state index in [9.17, 15) is 4.79 Å². The Morgan fingerprint density at radius 1 is 1.14 bits per heavy atom. The lowest BCUT2D eigenvalue weighted by Crippen LogP contribution is -2.42. The largest absolute Gasteiger partial charge is 0.504 e. The van der Waals surface area contributed by atoms with Crippen LogP contribution in [-0.4, -0.2) is 12.9 Å². The predicted molar refractivity (Wildman–Crippen MR) is 87.3 cm³/mol. The first-order valence-corrected chi connectivity index (χ1v) is 9.08. The minimum atomic E-state index is 0.375. The number of ether oxygens (including phenoxy) is 1. The van der Waals surface area contributed by atoms with Crippen LogP contribution in [0.1, 0.15) is 64.7 Å². The molecule has 4 aliphatic carbocycles. The summed E-state index contributed by atoms with van der Waals surface area (Å²) in [5.41, 5.74) is 5.17. The van der Waals surface area contributed by atoms with Crippen molar-refractivity contribution in [1.82, 2.24) is 0 Å². The molecule has 0 aromatic heterocycles. The van der Waals surface area contributed by atoms with Crippen molar-refractivity contribution in [2.75, 3.05) is 7.11 Å². The topological polar surface area (TPSA) is 26.3 Å². The quantitative estimate of drug-likeness (QED) is 0.513. The number of ketones is 1. The molecule has 0 amide bonds. The highest BCUT2D eigenvalue weighted by molar-refractivity contribution is 5.82. The Bertz CT molecular complexity index is 556. The minimum Gasteiger partial charge on any atom is -0.504 e. The molecule has 2 heteroatoms. The van der Waals surface area contributed by atoms with Crippen molar-refractivity contribution in [2.24, 2.45) is 23.2 Å². The van der Waals surface area contributed by atoms with Gasteiger partial charge in [0, 0.05) is 12.8 Å². The first-order chi connectivity index (χ1) is 10.6. The normalized spacial score (nSPS) is 42.9. The summed E-state index contributed by atoms with van der Waals surface area (Å²) in [6, 6.07) is 0. The van der Waals surface area contributed by atoms with Crippen LogP contribution in [0.2, 0.25) is 0 Å². The van der Waals surface area contributed by atoms with Crippen molar-refractivity contribution >= 4 is 5.78 Å². The molecule has 2 saturated carbocycles. The third kappa shape index (κ3) is 2.02. The Morgan fingerprint density at radius 2 is 2.00 bits per heavy atom. The lowest BCUT2D eigenvalue weighted by molar-refractivity contribution is -0.119. The Kier molecular flexibility index (Phi) is 3.47. The summed E-state index contributed by atoms with van der Waals surface area (Å²) in [7, 11) is 1.78. The summed E-state index contributed by atoms with van der Waals surface area (Å²) < 4.78 is 5.36. The molecule has 120 valence electrons. The summed E-state index contributed by atoms with van der Waals surface area (Å²) in [6.07, 6.45) is 12.4. The second-order valence-corrected chi connectivity index (χ2v) is 8.13. The van der Waals surface area contributed by atoms with Gasteiger partial charge in [-0.3, -0.25) is 4.79 Å². The third-order valence-electron chi connectivity index (χ3n) is 7.31. The van der Waals surface area contributed by atoms with Gasteiger partial charge in [0.15, 0.2) is 0 Å². The van der Waals surface area contributed by atoms with Gasteiger partial charge < -0.3 is 4.74 Å². The van der Waals surface area contributed by atoms with Crippen LogP contribution in [-0.2, 0) is 9.53 Å². The van der Waals surface area contributed by atoms with E-state index in [-0.39, 0.29) is 0 Å². The monoisotopic (exact) mass is 300 g/mol. The zero-order valence-electron chi connectivity index (χ0n) is 14.0. The average Bonchev–Trinajstić information content (AvgIpc) is 2.84. The molecule has 4 rings (SSSR count). The maximum atomic E-state index is 11.8. The number of hydrogen-bond donors (Lipinski definition) is 0. The molecule has 22 heavy (non-hydrogen) atoms. The highest BCUT2D eigenvalue weighted by Gasteiger charge is 2.53. The zero-order chi connectivity index (χ0) is 15.3. The Labute approximate surface area is 134 Å². The van der Waals surface area contributed by atoms with Gasteiger partial charge in [0.25, 0.3) is 0 Å². The van der Waals surface area contributed by atoms with Gasteiger partial charge >= 0.3 is 0 Å². The van der Waals surface area contributed by atoms with Crippen molar-refractivity contribution in [3.05, 3.63) is 23.0 Å². The van der Waals surface area contributed by atoms with Gasteiger partial charge in [-0.25, -0.2) is 0 Å². The van der Waals surface area contributed by atoms with Crippen molar-refractivity contribution in [3.63, 3.8) is 0 Å². The number of Topliss-reactive ketones (excluding diaryl/α,β-unsaturated/α-hetero) is 1. The Hall–Kier alpha value is -1.05. The summed E-state index contributed by atoms with van der Waals surface area (Å²) in [5, 5.41) is 0. The van der Waals surface area contributed by atoms with Crippen molar-refractivity contribution in [2.45, 2.75) is 64.7 Å². The molecule has 0 aromatic rings. The molecule has 0 unspecified atom stereocenters. The second-order valence-electron chi connectivity index (χ2n) is 8.13. The van der Waals surface area contributed by atoms with Crippen LogP contribution >= 0.6 is 0 Å². The maximum Gasteiger partial charge on any atom is 0.137 e. The van der Waals surface area contributed by atoms with E-state index in [0.29, 0.717) is 11.2 Å². The molecule has 0 heterocycles. The van der Waals surface area contributed by atoms with E-state index in [1.165, 1.54) is 44.1 Å². The van der Waals surface area contributed by atoms with E-state index < -0.39 is 0 Å². The predicted octanol–water partition coefficient (Wildman–Crippen LogP) is 4.80. The molecule has 0 aromatic carbocycles. The van der Waals surface area contributed by atoms with Crippen LogP contribution in [0.5, 0.6) is 0 Å². The molecule has 2 nitrogen and oxygen atoms in total. The number of rotatable bonds is 1. The third-order valence-corrected chi connectivity index (χ3v) is 7.31. The maximum absolute atomic E-state index is 11.8. The number of carbonyl (C=O) groups excluding carboxylic acids is 1. The minimum absolute atomic E-state index is 0.375. The van der Waals surface area contributed by atoms with Crippen LogP contribution in [0.15, 0.2) is 23.0 Å². The first-order valence-electron chi connectivity index (χ1n) is 9.08. The number of fused-ring (bicyclic) bond motifs is 4. The standard InChI is InChI=1S/C20H28O2/c1-20-10-9-17-16-7-5-15(21)11-13(16)3-6-18(17)19(20)8-4-14(20)12-22-2/h12,17-19H,3-11H2,1-2H3/t17-,18-,19+,20-/m1/s1. The fraction of sp³-hybridized carbons (Fsp3) is 0.750. The van der Waals surface area contributed by atoms with Crippen molar-refractivity contribution < 1.29 is 9.53 Å². The molecular weight excluding hydrogens is 272 g/mol. The number of allylic oxidation sites excluding steroid dienone is 3. The van der Waals surface area contributed by atoms with Crippen molar-refractivity contribution in [1.29, 1.82) is 0 Å². The van der Waals surface area contributed by atoms with Gasteiger partial charge in [0.1, 0.15) is 5.78 Å². The first kappa shape index (κ1) is 14.5. The molecule has 0 aliphatic heterocycles. The van der Waals surface area contributed by atoms with Crippen LogP contribution < -0.4 is 0 Å². The van der Waals surface area contributed by atoms with Gasteiger partial charge in [0.2, 0.25) is 0 Å². The Balaban J connectivity index is 1.64. The highest BCUT2D eigenvalue weighted by atomic mass is 16.5. The fourth-order valence-corrected chi connectivity index (χ4v) is 6.23. The lowest BCUT2D eigenvalue weighted by Gasteiger charge is -2.50. The smallest absolute Gasteiger partial charge is 0.137 e. The summed E-state index contributed by atoms with van der Waals surface area (Å²) in [4.78, 5) is 11.8. The molecule has 0 radical (unpaired) electrons. The van der Waals surface area contributed by atoms with Crippen LogP contribution in [0.4, 0.5) is 0 Å². The van der Waals surface area contributed by atoms with Gasteiger partial charge in [-0.05, 0) is 73.7 Å². The van der Waals surface area contributed by atoms with E-state index >= 15 is 0 Å². The number of carbonyl (C=O) groups is 1. The summed E-state index contributed by atoms with van der Waals surface area (Å²) in [6.45, 7) is 2.49. The Morgan fingerprint density at radius 3 is 2.82 bits per heavy atom. The van der Waals surface area contributed by atoms with E-state index in [4.69, 9.17) is 4.74 Å². The summed E-state index contributed by atoms with van der Waals surface area (Å²) >= 11 is 0. The molecule has 0 bridgehead atoms. The molecule has 0 spiro atoms. The molecule has 4 aliphatic rings. The second kappa shape index (κ2) is 5.25. The van der Waals surface area contributed by atoms with E-state index in [1.807, 2.05) is 6.26 Å². The lowest BCUT2D eigenvalue weighted by atomic mass is 9.54. The van der Waals surface area contributed by atoms with Gasteiger partial charge in [-0.2, -0.15) is 0 Å². The van der Waals surface area contributed by atoms with Gasteiger partial charge in [0.05, 0.1) is 13.4 Å². The molecule has 0 saturated heterocycles. The highest BCUT2D eigenvalue weighted by Crippen LogP contribution is 2.62. The van der Waals surface area contributed by atoms with Crippen LogP contribution in [0.3, 0.4) is 0 Å². The van der Waals surface area contributed by atoms with E-state index in [2.05, 4.69) is 6.92 Å². The van der Waals surface area contributed by atoms with Crippen LogP contribution in [0, 0.1) is 23.2 Å². The molecular formula is C20H28O2. The average molecular weight is 300 g/mol. The van der Waals surface area contributed by atoms with Gasteiger partial charge in [-0.15, -0.1) is 0 Å². The van der Waals surface area contributed by atoms with Crippen LogP contribution in [0.25, 0.3) is 0 Å². The molecule has 0 N–H and O–H groups in total. The number of methoxy groups -OCH3 is 1. The fourth-order valence-electron chi connectivity index (χ4n) is 6.23. The summed E-state index contributed by atoms with van der Waals surface area (Å²) in [5.74, 6) is 2.95. The molecule has 4 atom stereocenters.